The molecule has 0 fully saturated rings. The molecule has 26 radical (unpaired) electrons. The van der Waals surface area contributed by atoms with E-state index in [0.717, 1.165) is 0 Å². The third kappa shape index (κ3) is 51.6. The van der Waals surface area contributed by atoms with Crippen molar-refractivity contribution in [3.05, 3.63) is 113 Å². The third-order valence-corrected chi connectivity index (χ3v) is 9.43. The van der Waals surface area contributed by atoms with Crippen LogP contribution in [0.5, 0.6) is 0 Å². The zero-order valence-corrected chi connectivity index (χ0v) is 113. The minimum atomic E-state index is 0. The largest absolute Gasteiger partial charge is 0.125 e. The fourth-order valence-corrected chi connectivity index (χ4v) is 5.61. The normalized spacial score (nSPS) is 6.37. The molecule has 0 saturated heterocycles. The Morgan fingerprint density at radius 1 is 0.133 bits per heavy atom. The molecule has 260 valence electrons. The Morgan fingerprint density at radius 3 is 0.350 bits per heavy atom. The molecule has 0 unspecified atom stereocenters. The quantitative estimate of drug-likeness (QED) is 0.229. The topological polar surface area (TPSA) is 0 Å². The molecule has 0 amide bonds. The van der Waals surface area contributed by atoms with E-state index in [4.69, 9.17) is 0 Å². The number of hydrogen-bond donors (Lipinski definition) is 0. The Bertz CT molecular complexity index is 1210. The summed E-state index contributed by atoms with van der Waals surface area (Å²) in [5.41, 5.74) is 25.2. The van der Waals surface area contributed by atoms with Gasteiger partial charge in [0.25, 0.3) is 0 Å². The molecule has 0 spiro atoms. The molecule has 3 aromatic carbocycles. The van der Waals surface area contributed by atoms with Gasteiger partial charge < -0.3 is 0 Å². The first kappa shape index (κ1) is 162. The maximum atomic E-state index is 2.46. The van der Waals surface area contributed by atoms with E-state index in [1.807, 2.05) is 0 Å². The van der Waals surface area contributed by atoms with Gasteiger partial charge in [0.05, 0.1) is 0 Å². The van der Waals surface area contributed by atoms with Crippen molar-refractivity contribution in [1.82, 2.24) is 0 Å². The van der Waals surface area contributed by atoms with Crippen LogP contribution in [0.3, 0.4) is 0 Å². The van der Waals surface area contributed by atoms with Crippen LogP contribution < -0.4 is 0 Å². The second kappa shape index (κ2) is 89.3. The molecule has 0 aromatic heterocycles. The van der Waals surface area contributed by atoms with Crippen LogP contribution >= 0.6 is 0 Å². The minimum Gasteiger partial charge on any atom is -0.125 e. The summed E-state index contributed by atoms with van der Waals surface area (Å²) in [4.78, 5) is 0. The Morgan fingerprint density at radius 2 is 0.217 bits per heavy atom. The fourth-order valence-electron chi connectivity index (χ4n) is 5.61. The van der Waals surface area contributed by atoms with Crippen molar-refractivity contribution in [3.63, 3.8) is 0 Å². The Kier molecular flexibility index (Phi) is 241. The van der Waals surface area contributed by atoms with Crippen molar-refractivity contribution >= 4 is 0 Å². The molecular weight excluding hydrogens is 2720 g/mol. The summed E-state index contributed by atoms with van der Waals surface area (Å²) in [5.74, 6) is 0. The molecule has 3 rings (SSSR count). The predicted molar refractivity (Wildman–Crippen MR) is 151 cm³/mol. The van der Waals surface area contributed by atoms with Crippen LogP contribution in [0.1, 0.15) is 100 Å². The monoisotopic (exact) mass is 2760 g/mol. The fraction of sp³-hybridized carbons (Fsp3) is 0.412. The standard InChI is InChI=1S/C34H44.26Y/c1-17-19(3)24(8)31(25(9)20(17)4)15-33-28(12)23(7)29(13)34(30(33)14)16-32-26(10)21(5)18(2)22(6)27(32)11;;;;;;;;;;;;;;;;;;;;;;;;;;/h15-16H,1-14H3;;;;;;;;;;;;;;;;;;;;;;;;;;/q-2;;;;;;;;;;;;;;;;;;;;;;;;;;. The summed E-state index contributed by atoms with van der Waals surface area (Å²) >= 11 is 0. The van der Waals surface area contributed by atoms with Crippen LogP contribution in [-0.4, -0.2) is 0 Å². The van der Waals surface area contributed by atoms with E-state index < -0.39 is 0 Å². The molecule has 0 bridgehead atoms. The molecule has 0 N–H and O–H groups in total. The Balaban J connectivity index is -0.0000000227. The van der Waals surface area contributed by atoms with Crippen molar-refractivity contribution in [1.29, 1.82) is 0 Å². The Labute approximate surface area is 1030 Å². The average Bonchev–Trinajstić information content (AvgIpc) is 2.81. The smallest absolute Gasteiger partial charge is 0 e. The summed E-state index contributed by atoms with van der Waals surface area (Å²) in [6.07, 6.45) is 4.92. The van der Waals surface area contributed by atoms with E-state index in [-0.39, 0.29) is 850 Å². The molecule has 0 aliphatic carbocycles. The average molecular weight is 2760 g/mol. The first-order chi connectivity index (χ1) is 15.7. The van der Waals surface area contributed by atoms with Gasteiger partial charge in [0.2, 0.25) is 0 Å². The molecule has 0 atom stereocenters. The molecule has 3 aromatic rings. The number of benzene rings is 3. The van der Waals surface area contributed by atoms with Crippen LogP contribution in [-0.2, 0) is 850 Å². The maximum Gasteiger partial charge on any atom is 0 e. The van der Waals surface area contributed by atoms with Gasteiger partial charge in [-0.1, -0.05) is 88.8 Å². The van der Waals surface area contributed by atoms with E-state index in [2.05, 4.69) is 110 Å². The van der Waals surface area contributed by atoms with Gasteiger partial charge in [-0.05, 0) is 41.5 Å². The number of hydrogen-bond acceptors (Lipinski definition) is 0. The van der Waals surface area contributed by atoms with Crippen molar-refractivity contribution < 1.29 is 850 Å². The summed E-state index contributed by atoms with van der Waals surface area (Å²) < 4.78 is 0. The van der Waals surface area contributed by atoms with E-state index in [1.54, 1.807) is 0 Å². The van der Waals surface area contributed by atoms with Crippen molar-refractivity contribution in [2.75, 3.05) is 0 Å². The van der Waals surface area contributed by atoms with Gasteiger partial charge in [0, 0.05) is 850 Å². The van der Waals surface area contributed by atoms with Gasteiger partial charge in [0.15, 0.2) is 0 Å². The molecule has 60 heavy (non-hydrogen) atoms. The minimum absolute atomic E-state index is 0. The second-order valence-corrected chi connectivity index (χ2v) is 10.7. The van der Waals surface area contributed by atoms with Crippen LogP contribution in [0, 0.1) is 110 Å². The van der Waals surface area contributed by atoms with Gasteiger partial charge in [-0.3, -0.25) is 0 Å². The Hall–Kier alpha value is 26.1. The molecule has 0 aliphatic heterocycles. The van der Waals surface area contributed by atoms with Crippen LogP contribution in [0.4, 0.5) is 0 Å². The molecule has 0 saturated carbocycles. The second-order valence-electron chi connectivity index (χ2n) is 10.7. The molecule has 0 nitrogen and oxygen atoms in total. The zero-order chi connectivity index (χ0) is 25.8. The van der Waals surface area contributed by atoms with E-state index in [0.29, 0.717) is 0 Å². The third-order valence-electron chi connectivity index (χ3n) is 9.43. The summed E-state index contributed by atoms with van der Waals surface area (Å²) in [7, 11) is 0. The summed E-state index contributed by atoms with van der Waals surface area (Å²) in [5, 5.41) is 0. The first-order valence-electron chi connectivity index (χ1n) is 12.7. The van der Waals surface area contributed by atoms with Crippen molar-refractivity contribution in [3.8, 4) is 0 Å². The molecule has 0 aliphatic rings. The van der Waals surface area contributed by atoms with E-state index in [9.17, 15) is 0 Å². The summed E-state index contributed by atoms with van der Waals surface area (Å²) in [6, 6.07) is 0. The zero-order valence-electron chi connectivity index (χ0n) is 39.2. The molecule has 0 heterocycles. The summed E-state index contributed by atoms with van der Waals surface area (Å²) in [6.45, 7) is 31.9. The van der Waals surface area contributed by atoms with Crippen LogP contribution in [0.15, 0.2) is 0 Å². The van der Waals surface area contributed by atoms with Gasteiger partial charge >= 0.3 is 0 Å². The molecule has 26 heteroatoms. The van der Waals surface area contributed by atoms with Crippen LogP contribution in [0.2, 0.25) is 0 Å². The van der Waals surface area contributed by atoms with Crippen LogP contribution in [0.25, 0.3) is 0 Å². The van der Waals surface area contributed by atoms with Crippen molar-refractivity contribution in [2.45, 2.75) is 96.9 Å². The van der Waals surface area contributed by atoms with Gasteiger partial charge in [0.1, 0.15) is 0 Å². The van der Waals surface area contributed by atoms with Gasteiger partial charge in [-0.25, -0.2) is 0 Å². The first-order valence-corrected chi connectivity index (χ1v) is 12.7. The predicted octanol–water partition coefficient (Wildman–Crippen LogP) is 9.14. The maximum absolute atomic E-state index is 2.46. The SMILES string of the molecule is Cc1c(C)c(C)c([CH-]c2c(C)c(C)c(C)c([CH-]c3c(C)c(C)c(C)c(C)c3C)c2C)c(C)c1C.[Y].[Y].[Y].[Y].[Y].[Y].[Y].[Y].[Y].[Y].[Y].[Y].[Y].[Y].[Y].[Y].[Y].[Y].[Y].[Y].[Y].[Y].[Y].[Y].[Y].[Y]. The molecular formula is C34H44Y26-2. The van der Waals surface area contributed by atoms with Gasteiger partial charge in [-0.2, -0.15) is 0 Å². The van der Waals surface area contributed by atoms with E-state index >= 15 is 0 Å². The van der Waals surface area contributed by atoms with Gasteiger partial charge in [-0.15, -0.1) is 79.6 Å². The number of rotatable bonds is 4. The van der Waals surface area contributed by atoms with E-state index in [1.165, 1.54) is 100 Å². The van der Waals surface area contributed by atoms with Crippen molar-refractivity contribution in [2.24, 2.45) is 0 Å².